The molecule has 3 heterocycles. The molecule has 2 aromatic carbocycles. The Morgan fingerprint density at radius 2 is 1.62 bits per heavy atom. The molecule has 1 aliphatic rings. The summed E-state index contributed by atoms with van der Waals surface area (Å²) in [5.41, 5.74) is 0.239. The number of esters is 1. The lowest BCUT2D eigenvalue weighted by molar-refractivity contribution is -0.169. The van der Waals surface area contributed by atoms with Gasteiger partial charge in [0.05, 0.1) is 21.4 Å². The lowest BCUT2D eigenvalue weighted by atomic mass is 9.91. The Bertz CT molecular complexity index is 2200. The number of ether oxygens (including phenoxy) is 2. The van der Waals surface area contributed by atoms with Crippen LogP contribution in [-0.4, -0.2) is 85.7 Å². The fourth-order valence-corrected chi connectivity index (χ4v) is 10.2. The first-order valence-electron chi connectivity index (χ1n) is 20.5. The van der Waals surface area contributed by atoms with Crippen molar-refractivity contribution in [2.75, 3.05) is 33.3 Å². The van der Waals surface area contributed by atoms with Crippen LogP contribution < -0.4 is 20.9 Å². The molecule has 60 heavy (non-hydrogen) atoms. The van der Waals surface area contributed by atoms with Crippen LogP contribution in [0.4, 0.5) is 0 Å². The predicted molar refractivity (Wildman–Crippen MR) is 240 cm³/mol. The number of thiophene rings is 2. The van der Waals surface area contributed by atoms with Crippen LogP contribution >= 0.6 is 22.7 Å². The second kappa shape index (κ2) is 19.6. The predicted octanol–water partition coefficient (Wildman–Crippen LogP) is 7.43. The molecule has 0 unspecified atom stereocenters. The van der Waals surface area contributed by atoms with Crippen molar-refractivity contribution >= 4 is 53.8 Å². The molecule has 5 aromatic rings. The average molecular weight is 875 g/mol. The number of aromatic nitrogens is 1. The number of phenolic OH excluding ortho intramolecular Hbond substituents is 1. The number of carbonyl (C=O) groups is 2. The Hall–Kier alpha value is -4.35. The number of hydrogen-bond acceptors (Lipinski definition) is 12. The van der Waals surface area contributed by atoms with Gasteiger partial charge in [-0.3, -0.25) is 9.59 Å². The van der Waals surface area contributed by atoms with Gasteiger partial charge in [-0.25, -0.2) is 4.79 Å². The summed E-state index contributed by atoms with van der Waals surface area (Å²) in [6.45, 7) is 13.1. The molecular weight excluding hydrogens is 817 g/mol. The van der Waals surface area contributed by atoms with E-state index in [2.05, 4.69) is 54.4 Å². The Morgan fingerprint density at radius 1 is 0.950 bits per heavy atom. The molecule has 12 nitrogen and oxygen atoms in total. The smallest absolute Gasteiger partial charge is 0.349 e. The Morgan fingerprint density at radius 3 is 2.23 bits per heavy atom. The van der Waals surface area contributed by atoms with E-state index in [4.69, 9.17) is 13.9 Å². The SMILES string of the molecule is CN(CCNC(=O)COc1ccc(CNC[C@H](O[Si](C)(C)C(C)(C)C)c2ccc(O)c3[nH]c(=O)ccc23)cc1)[C@H]1CC[C@H](OC(=O)C(O)(c2cccs2)c2cccs2)CC1. The molecule has 3 aromatic heterocycles. The lowest BCUT2D eigenvalue weighted by Crippen LogP contribution is -2.43. The molecule has 0 radical (unpaired) electrons. The van der Waals surface area contributed by atoms with E-state index in [-0.39, 0.29) is 41.1 Å². The van der Waals surface area contributed by atoms with Gasteiger partial charge in [-0.1, -0.05) is 51.1 Å². The molecule has 1 atom stereocenters. The molecule has 1 fully saturated rings. The number of aromatic amines is 1. The van der Waals surface area contributed by atoms with Gasteiger partial charge in [0.1, 0.15) is 17.6 Å². The third-order valence-corrected chi connectivity index (χ3v) is 18.3. The van der Waals surface area contributed by atoms with Crippen molar-refractivity contribution in [3.63, 3.8) is 0 Å². The molecule has 322 valence electrons. The third-order valence-electron chi connectivity index (χ3n) is 11.8. The van der Waals surface area contributed by atoms with E-state index in [0.29, 0.717) is 66.1 Å². The van der Waals surface area contributed by atoms with Crippen LogP contribution in [0.15, 0.2) is 88.4 Å². The van der Waals surface area contributed by atoms with Crippen molar-refractivity contribution in [3.05, 3.63) is 115 Å². The van der Waals surface area contributed by atoms with Crippen molar-refractivity contribution in [2.45, 2.75) is 95.0 Å². The van der Waals surface area contributed by atoms with Gasteiger partial charge >= 0.3 is 5.97 Å². The number of H-pyrrole nitrogens is 1. The highest BCUT2D eigenvalue weighted by Gasteiger charge is 2.45. The van der Waals surface area contributed by atoms with Crippen molar-refractivity contribution in [1.82, 2.24) is 20.5 Å². The molecule has 0 bridgehead atoms. The maximum absolute atomic E-state index is 13.4. The van der Waals surface area contributed by atoms with Gasteiger partial charge in [-0.05, 0) is 109 Å². The van der Waals surface area contributed by atoms with Crippen LogP contribution in [0.5, 0.6) is 11.5 Å². The number of benzene rings is 2. The monoisotopic (exact) mass is 874 g/mol. The summed E-state index contributed by atoms with van der Waals surface area (Å²) in [6.07, 6.45) is 2.51. The molecule has 15 heteroatoms. The minimum atomic E-state index is -2.21. The van der Waals surface area contributed by atoms with Crippen LogP contribution in [0, 0.1) is 0 Å². The van der Waals surface area contributed by atoms with E-state index in [0.717, 1.165) is 29.4 Å². The normalized spacial score (nSPS) is 16.8. The summed E-state index contributed by atoms with van der Waals surface area (Å²) in [5.74, 6) is -0.220. The van der Waals surface area contributed by atoms with Crippen LogP contribution in [0.1, 0.15) is 73.4 Å². The summed E-state index contributed by atoms with van der Waals surface area (Å²) in [5, 5.41) is 33.0. The Balaban J connectivity index is 0.918. The van der Waals surface area contributed by atoms with E-state index in [1.807, 2.05) is 60.3 Å². The van der Waals surface area contributed by atoms with Gasteiger partial charge < -0.3 is 44.6 Å². The highest BCUT2D eigenvalue weighted by atomic mass is 32.1. The first kappa shape index (κ1) is 45.2. The van der Waals surface area contributed by atoms with Gasteiger partial charge in [-0.2, -0.15) is 0 Å². The quantitative estimate of drug-likeness (QED) is 0.0443. The topological polar surface area (TPSA) is 162 Å². The molecule has 0 aliphatic heterocycles. The summed E-state index contributed by atoms with van der Waals surface area (Å²) in [6, 6.07) is 21.8. The summed E-state index contributed by atoms with van der Waals surface area (Å²) in [7, 11) is -0.168. The van der Waals surface area contributed by atoms with Crippen LogP contribution in [-0.2, 0) is 30.9 Å². The molecule has 1 amide bonds. The molecule has 5 N–H and O–H groups in total. The maximum Gasteiger partial charge on any atom is 0.349 e. The lowest BCUT2D eigenvalue weighted by Gasteiger charge is -2.39. The molecule has 0 spiro atoms. The Kier molecular flexibility index (Phi) is 14.7. The van der Waals surface area contributed by atoms with Gasteiger partial charge in [0.25, 0.3) is 5.91 Å². The average Bonchev–Trinajstić information content (AvgIpc) is 3.97. The number of pyridine rings is 1. The van der Waals surface area contributed by atoms with E-state index in [9.17, 15) is 24.6 Å². The standard InChI is InChI=1S/C45H58N4O8S2Si/c1-44(2,3)60(5,6)57-37(34-19-21-36(50)42-35(34)20-22-40(51)48-42)28-46-27-30-11-15-32(16-12-30)55-29-41(52)47-23-24-49(4)31-13-17-33(18-14-31)56-43(53)45(54,38-9-7-25-58-38)39-10-8-26-59-39/h7-12,15-16,19-22,25-26,31,33,37,46,50,54H,13-14,17-18,23-24,27-29H2,1-6H3,(H,47,52)(H,48,51)/t31-,33-,37-/m0/s1. The number of nitrogens with one attached hydrogen (secondary N) is 3. The second-order valence-electron chi connectivity index (χ2n) is 17.0. The van der Waals surface area contributed by atoms with Crippen molar-refractivity contribution < 1.29 is 33.7 Å². The number of rotatable bonds is 18. The number of amides is 1. The Labute approximate surface area is 361 Å². The number of aromatic hydroxyl groups is 1. The summed E-state index contributed by atoms with van der Waals surface area (Å²) in [4.78, 5) is 44.2. The number of nitrogens with zero attached hydrogens (tertiary/aromatic N) is 1. The van der Waals surface area contributed by atoms with Crippen LogP contribution in [0.2, 0.25) is 18.1 Å². The number of phenols is 1. The number of hydrogen-bond donors (Lipinski definition) is 5. The first-order chi connectivity index (χ1) is 28.5. The van der Waals surface area contributed by atoms with Gasteiger partial charge in [0.2, 0.25) is 11.2 Å². The zero-order valence-electron chi connectivity index (χ0n) is 35.3. The number of likely N-dealkylation sites (N-methyl/N-ethyl adjacent to an activating group) is 1. The number of fused-ring (bicyclic) bond motifs is 1. The highest BCUT2D eigenvalue weighted by Crippen LogP contribution is 2.41. The highest BCUT2D eigenvalue weighted by molar-refractivity contribution is 7.12. The molecule has 6 rings (SSSR count). The van der Waals surface area contributed by atoms with E-state index >= 15 is 0 Å². The van der Waals surface area contributed by atoms with Crippen molar-refractivity contribution in [1.29, 1.82) is 0 Å². The maximum atomic E-state index is 13.4. The van der Waals surface area contributed by atoms with Gasteiger partial charge in [0, 0.05) is 43.7 Å². The van der Waals surface area contributed by atoms with Gasteiger partial charge in [0.15, 0.2) is 14.9 Å². The first-order valence-corrected chi connectivity index (χ1v) is 25.2. The minimum Gasteiger partial charge on any atom is -0.506 e. The van der Waals surface area contributed by atoms with E-state index < -0.39 is 19.9 Å². The molecule has 1 saturated carbocycles. The van der Waals surface area contributed by atoms with E-state index in [1.165, 1.54) is 28.7 Å². The van der Waals surface area contributed by atoms with Crippen molar-refractivity contribution in [2.24, 2.45) is 0 Å². The number of aliphatic hydroxyl groups is 1. The molecule has 0 saturated heterocycles. The molecule has 1 aliphatic carbocycles. The fourth-order valence-electron chi connectivity index (χ4n) is 7.22. The number of carbonyl (C=O) groups excluding carboxylic acids is 2. The zero-order valence-corrected chi connectivity index (χ0v) is 37.9. The third kappa shape index (κ3) is 10.9. The van der Waals surface area contributed by atoms with Crippen molar-refractivity contribution in [3.8, 4) is 11.5 Å². The largest absolute Gasteiger partial charge is 0.506 e. The summed E-state index contributed by atoms with van der Waals surface area (Å²) < 4.78 is 18.6. The van der Waals surface area contributed by atoms with E-state index in [1.54, 1.807) is 24.3 Å². The fraction of sp³-hybridized carbons (Fsp3) is 0.444. The zero-order chi connectivity index (χ0) is 43.1. The summed E-state index contributed by atoms with van der Waals surface area (Å²) >= 11 is 2.67. The van der Waals surface area contributed by atoms with Crippen LogP contribution in [0.3, 0.4) is 0 Å². The second-order valence-corrected chi connectivity index (χ2v) is 23.7. The minimum absolute atomic E-state index is 0.0158. The van der Waals surface area contributed by atoms with Gasteiger partial charge in [-0.15, -0.1) is 22.7 Å². The van der Waals surface area contributed by atoms with Crippen LogP contribution in [0.25, 0.3) is 10.9 Å². The molecular formula is C45H58N4O8S2Si.